The van der Waals surface area contributed by atoms with E-state index in [2.05, 4.69) is 13.2 Å². The van der Waals surface area contributed by atoms with Crippen LogP contribution in [0.4, 0.5) is 0 Å². The van der Waals surface area contributed by atoms with Crippen molar-refractivity contribution in [2.45, 2.75) is 26.9 Å². The lowest BCUT2D eigenvalue weighted by molar-refractivity contribution is -0.130. The topological polar surface area (TPSA) is 114 Å². The van der Waals surface area contributed by atoms with Crippen molar-refractivity contribution in [3.63, 3.8) is 0 Å². The fraction of sp³-hybridized carbons (Fsp3) is 0.182. The zero-order valence-electron chi connectivity index (χ0n) is 16.5. The Morgan fingerprint density at radius 3 is 1.48 bits per heavy atom. The number of hydrogen-bond acceptors (Lipinski definition) is 7. The summed E-state index contributed by atoms with van der Waals surface area (Å²) in [6.45, 7) is 10.6. The highest BCUT2D eigenvalue weighted by molar-refractivity contribution is 5.89. The lowest BCUT2D eigenvalue weighted by atomic mass is 10.1. The summed E-state index contributed by atoms with van der Waals surface area (Å²) < 4.78 is 16.4. The van der Waals surface area contributed by atoms with Crippen molar-refractivity contribution in [3.8, 4) is 23.0 Å². The number of benzene rings is 2. The highest BCUT2D eigenvalue weighted by atomic mass is 16.5. The minimum atomic E-state index is -0.521. The van der Waals surface area contributed by atoms with E-state index in [4.69, 9.17) is 25.7 Å². The molecule has 0 aliphatic rings. The van der Waals surface area contributed by atoms with Gasteiger partial charge in [-0.05, 0) is 50.2 Å². The summed E-state index contributed by atoms with van der Waals surface area (Å²) in [6, 6.07) is 9.75. The molecule has 0 unspecified atom stereocenters. The maximum atomic E-state index is 11.7. The normalized spacial score (nSPS) is 10.2. The molecular weight excluding hydrogens is 372 g/mol. The second-order valence-corrected chi connectivity index (χ2v) is 6.39. The predicted molar refractivity (Wildman–Crippen MR) is 110 cm³/mol. The van der Waals surface area contributed by atoms with Gasteiger partial charge in [0.05, 0.1) is 0 Å². The summed E-state index contributed by atoms with van der Waals surface area (Å²) in [5, 5.41) is 0. The lowest BCUT2D eigenvalue weighted by Gasteiger charge is -2.15. The summed E-state index contributed by atoms with van der Waals surface area (Å²) in [5.41, 5.74) is 13.5. The number of rotatable bonds is 8. The summed E-state index contributed by atoms with van der Waals surface area (Å²) in [4.78, 5) is 23.4. The van der Waals surface area contributed by atoms with Gasteiger partial charge in [0, 0.05) is 35.4 Å². The van der Waals surface area contributed by atoms with Gasteiger partial charge in [-0.1, -0.05) is 13.2 Å². The maximum absolute atomic E-state index is 11.7. The molecule has 0 aromatic heterocycles. The van der Waals surface area contributed by atoms with Crippen molar-refractivity contribution in [3.05, 3.63) is 71.8 Å². The summed E-state index contributed by atoms with van der Waals surface area (Å²) in [5.74, 6) is 0.616. The Hall–Kier alpha value is -3.42. The second kappa shape index (κ2) is 9.68. The standard InChI is InChI=1S/C22H24N2O5/c1-13(2)21(25)27-17-5-7-19(15(9-17)11-23)29-20-8-6-18(10-16(20)12-24)28-22(26)14(3)4/h5-10H,1,3,11-12,23-24H2,2,4H3. The van der Waals surface area contributed by atoms with Crippen LogP contribution in [-0.2, 0) is 22.7 Å². The SMILES string of the molecule is C=C(C)C(=O)Oc1ccc(Oc2ccc(OC(=O)C(=C)C)cc2CN)c(CN)c1. The number of ether oxygens (including phenoxy) is 3. The molecule has 0 saturated carbocycles. The average molecular weight is 396 g/mol. The van der Waals surface area contributed by atoms with Gasteiger partial charge in [-0.25, -0.2) is 9.59 Å². The van der Waals surface area contributed by atoms with E-state index < -0.39 is 11.9 Å². The van der Waals surface area contributed by atoms with Gasteiger partial charge in [0.2, 0.25) is 0 Å². The maximum Gasteiger partial charge on any atom is 0.338 e. The molecule has 152 valence electrons. The molecule has 7 nitrogen and oxygen atoms in total. The van der Waals surface area contributed by atoms with E-state index in [0.717, 1.165) is 0 Å². The zero-order chi connectivity index (χ0) is 21.6. The van der Waals surface area contributed by atoms with Crippen LogP contribution in [0, 0.1) is 0 Å². The van der Waals surface area contributed by atoms with Crippen LogP contribution in [0.25, 0.3) is 0 Å². The van der Waals surface area contributed by atoms with E-state index in [-0.39, 0.29) is 13.1 Å². The first-order chi connectivity index (χ1) is 13.7. The zero-order valence-corrected chi connectivity index (χ0v) is 16.5. The molecule has 0 atom stereocenters. The largest absolute Gasteiger partial charge is 0.457 e. The minimum Gasteiger partial charge on any atom is -0.457 e. The molecule has 2 aromatic rings. The number of hydrogen-bond donors (Lipinski definition) is 2. The second-order valence-electron chi connectivity index (χ2n) is 6.39. The van der Waals surface area contributed by atoms with Crippen LogP contribution in [0.15, 0.2) is 60.7 Å². The first-order valence-electron chi connectivity index (χ1n) is 8.84. The molecule has 0 fully saturated rings. The molecule has 2 rings (SSSR count). The Morgan fingerprint density at radius 2 is 1.17 bits per heavy atom. The van der Waals surface area contributed by atoms with Crippen molar-refractivity contribution >= 4 is 11.9 Å². The van der Waals surface area contributed by atoms with Crippen LogP contribution in [0.1, 0.15) is 25.0 Å². The lowest BCUT2D eigenvalue weighted by Crippen LogP contribution is -2.10. The van der Waals surface area contributed by atoms with Crippen molar-refractivity contribution < 1.29 is 23.8 Å². The van der Waals surface area contributed by atoms with Crippen LogP contribution < -0.4 is 25.7 Å². The van der Waals surface area contributed by atoms with Gasteiger partial charge in [0.1, 0.15) is 23.0 Å². The first kappa shape index (κ1) is 21.9. The van der Waals surface area contributed by atoms with Crippen LogP contribution in [0.2, 0.25) is 0 Å². The molecule has 0 heterocycles. The van der Waals surface area contributed by atoms with E-state index in [1.165, 1.54) is 0 Å². The molecule has 29 heavy (non-hydrogen) atoms. The Labute approximate surface area is 169 Å². The van der Waals surface area contributed by atoms with Gasteiger partial charge in [-0.2, -0.15) is 0 Å². The van der Waals surface area contributed by atoms with E-state index in [0.29, 0.717) is 45.3 Å². The van der Waals surface area contributed by atoms with Crippen molar-refractivity contribution in [2.75, 3.05) is 0 Å². The Kier molecular flexibility index (Phi) is 7.30. The monoisotopic (exact) mass is 396 g/mol. The highest BCUT2D eigenvalue weighted by Crippen LogP contribution is 2.32. The third-order valence-electron chi connectivity index (χ3n) is 3.84. The number of carbonyl (C=O) groups is 2. The van der Waals surface area contributed by atoms with Crippen molar-refractivity contribution in [1.29, 1.82) is 0 Å². The Bertz CT molecular complexity index is 888. The highest BCUT2D eigenvalue weighted by Gasteiger charge is 2.13. The Morgan fingerprint density at radius 1 is 0.793 bits per heavy atom. The summed E-state index contributed by atoms with van der Waals surface area (Å²) in [6.07, 6.45) is 0. The molecule has 0 saturated heterocycles. The van der Waals surface area contributed by atoms with Crippen LogP contribution in [-0.4, -0.2) is 11.9 Å². The fourth-order valence-electron chi connectivity index (χ4n) is 2.26. The predicted octanol–water partition coefficient (Wildman–Crippen LogP) is 3.36. The number of nitrogens with two attached hydrogens (primary N) is 2. The summed E-state index contributed by atoms with van der Waals surface area (Å²) in [7, 11) is 0. The molecule has 4 N–H and O–H groups in total. The third-order valence-corrected chi connectivity index (χ3v) is 3.84. The van der Waals surface area contributed by atoms with Gasteiger partial charge in [-0.3, -0.25) is 0 Å². The quantitative estimate of drug-likeness (QED) is 0.399. The number of carbonyl (C=O) groups excluding carboxylic acids is 2. The average Bonchev–Trinajstić information content (AvgIpc) is 2.69. The Balaban J connectivity index is 2.26. The molecule has 2 aromatic carbocycles. The smallest absolute Gasteiger partial charge is 0.338 e. The third kappa shape index (κ3) is 5.78. The number of esters is 2. The van der Waals surface area contributed by atoms with Crippen molar-refractivity contribution in [2.24, 2.45) is 11.5 Å². The van der Waals surface area contributed by atoms with Gasteiger partial charge in [0.15, 0.2) is 0 Å². The molecule has 0 amide bonds. The van der Waals surface area contributed by atoms with Crippen LogP contribution >= 0.6 is 0 Å². The molecule has 0 bridgehead atoms. The van der Waals surface area contributed by atoms with Gasteiger partial charge in [-0.15, -0.1) is 0 Å². The molecule has 7 heteroatoms. The van der Waals surface area contributed by atoms with Crippen LogP contribution in [0.3, 0.4) is 0 Å². The van der Waals surface area contributed by atoms with E-state index >= 15 is 0 Å². The van der Waals surface area contributed by atoms with E-state index in [1.807, 2.05) is 0 Å². The molecular formula is C22H24N2O5. The van der Waals surface area contributed by atoms with Crippen molar-refractivity contribution in [1.82, 2.24) is 0 Å². The first-order valence-corrected chi connectivity index (χ1v) is 8.84. The molecule has 0 aliphatic heterocycles. The van der Waals surface area contributed by atoms with Gasteiger partial charge in [0.25, 0.3) is 0 Å². The molecule has 0 aliphatic carbocycles. The van der Waals surface area contributed by atoms with Crippen LogP contribution in [0.5, 0.6) is 23.0 Å². The van der Waals surface area contributed by atoms with E-state index in [1.54, 1.807) is 50.2 Å². The van der Waals surface area contributed by atoms with Gasteiger partial charge >= 0.3 is 11.9 Å². The summed E-state index contributed by atoms with van der Waals surface area (Å²) >= 11 is 0. The molecule has 0 radical (unpaired) electrons. The molecule has 0 spiro atoms. The van der Waals surface area contributed by atoms with Gasteiger partial charge < -0.3 is 25.7 Å². The minimum absolute atomic E-state index is 0.167. The fourth-order valence-corrected chi connectivity index (χ4v) is 2.26. The van der Waals surface area contributed by atoms with E-state index in [9.17, 15) is 9.59 Å².